The Labute approximate surface area is 107 Å². The van der Waals surface area contributed by atoms with Crippen LogP contribution in [0.1, 0.15) is 10.4 Å². The summed E-state index contributed by atoms with van der Waals surface area (Å²) >= 11 is 14.9. The van der Waals surface area contributed by atoms with Crippen molar-refractivity contribution < 1.29 is 4.79 Å². The van der Waals surface area contributed by atoms with Gasteiger partial charge in [0.2, 0.25) is 0 Å². The Hall–Kier alpha value is -0.250. The summed E-state index contributed by atoms with van der Waals surface area (Å²) in [5.41, 5.74) is 0.510. The van der Waals surface area contributed by atoms with Crippen LogP contribution >= 0.6 is 39.1 Å². The van der Waals surface area contributed by atoms with Gasteiger partial charge >= 0.3 is 0 Å². The minimum absolute atomic E-state index is 0.0844. The van der Waals surface area contributed by atoms with Crippen molar-refractivity contribution in [2.45, 2.75) is 0 Å². The minimum Gasteiger partial charge on any atom is -0.341 e. The molecular weight excluding hydrogens is 301 g/mol. The lowest BCUT2D eigenvalue weighted by molar-refractivity contribution is 0.0804. The molecule has 0 saturated heterocycles. The van der Waals surface area contributed by atoms with Gasteiger partial charge in [-0.2, -0.15) is 0 Å². The average molecular weight is 311 g/mol. The number of alkyl halides is 1. The molecule has 0 bridgehead atoms. The van der Waals surface area contributed by atoms with Crippen molar-refractivity contribution in [1.82, 2.24) is 4.90 Å². The lowest BCUT2D eigenvalue weighted by Crippen LogP contribution is -2.28. The molecule has 15 heavy (non-hydrogen) atoms. The molecule has 2 nitrogen and oxygen atoms in total. The van der Waals surface area contributed by atoms with E-state index < -0.39 is 0 Å². The summed E-state index contributed by atoms with van der Waals surface area (Å²) in [6.07, 6.45) is 0. The normalized spacial score (nSPS) is 10.1. The largest absolute Gasteiger partial charge is 0.341 e. The van der Waals surface area contributed by atoms with Crippen LogP contribution in [0, 0.1) is 0 Å². The van der Waals surface area contributed by atoms with E-state index >= 15 is 0 Å². The van der Waals surface area contributed by atoms with Crippen LogP contribution in [0.3, 0.4) is 0 Å². The van der Waals surface area contributed by atoms with Gasteiger partial charge in [-0.25, -0.2) is 0 Å². The van der Waals surface area contributed by atoms with Crippen molar-refractivity contribution >= 4 is 45.0 Å². The molecule has 0 aliphatic rings. The highest BCUT2D eigenvalue weighted by molar-refractivity contribution is 9.09. The fourth-order valence-corrected chi connectivity index (χ4v) is 2.18. The molecule has 0 heterocycles. The Kier molecular flexibility index (Phi) is 4.90. The third-order valence-corrected chi connectivity index (χ3v) is 2.67. The van der Waals surface area contributed by atoms with Gasteiger partial charge in [0.15, 0.2) is 0 Å². The predicted octanol–water partition coefficient (Wildman–Crippen LogP) is 3.46. The van der Waals surface area contributed by atoms with E-state index in [1.807, 2.05) is 0 Å². The zero-order valence-electron chi connectivity index (χ0n) is 8.14. The lowest BCUT2D eigenvalue weighted by atomic mass is 10.2. The molecule has 0 radical (unpaired) electrons. The molecule has 0 unspecified atom stereocenters. The summed E-state index contributed by atoms with van der Waals surface area (Å²) in [5.74, 6) is -0.0844. The number of carbonyl (C=O) groups excluding carboxylic acids is 1. The second kappa shape index (κ2) is 5.73. The smallest absolute Gasteiger partial charge is 0.253 e. The third-order valence-electron chi connectivity index (χ3n) is 1.88. The van der Waals surface area contributed by atoms with Crippen molar-refractivity contribution in [2.24, 2.45) is 0 Å². The van der Waals surface area contributed by atoms with Crippen LogP contribution < -0.4 is 0 Å². The zero-order valence-corrected chi connectivity index (χ0v) is 11.2. The number of rotatable bonds is 3. The van der Waals surface area contributed by atoms with E-state index in [0.29, 0.717) is 22.2 Å². The van der Waals surface area contributed by atoms with Crippen molar-refractivity contribution in [3.8, 4) is 0 Å². The molecule has 1 aromatic carbocycles. The highest BCUT2D eigenvalue weighted by atomic mass is 79.9. The summed E-state index contributed by atoms with van der Waals surface area (Å²) in [7, 11) is 1.73. The van der Waals surface area contributed by atoms with E-state index in [2.05, 4.69) is 15.9 Å². The van der Waals surface area contributed by atoms with E-state index in [9.17, 15) is 4.79 Å². The van der Waals surface area contributed by atoms with Crippen molar-refractivity contribution in [2.75, 3.05) is 18.9 Å². The predicted molar refractivity (Wildman–Crippen MR) is 67.2 cm³/mol. The van der Waals surface area contributed by atoms with Crippen molar-refractivity contribution in [3.05, 3.63) is 33.8 Å². The molecule has 1 amide bonds. The summed E-state index contributed by atoms with van der Waals surface area (Å²) < 4.78 is 0. The molecule has 0 aliphatic heterocycles. The molecule has 5 heteroatoms. The standard InChI is InChI=1S/C10H10BrCl2NO/c1-14(3-2-11)10(15)7-4-8(12)6-9(13)5-7/h4-6H,2-3H2,1H3. The Balaban J connectivity index is 2.90. The Morgan fingerprint density at radius 2 is 1.87 bits per heavy atom. The molecule has 0 fully saturated rings. The molecule has 82 valence electrons. The molecule has 0 N–H and O–H groups in total. The number of amides is 1. The van der Waals surface area contributed by atoms with Crippen LogP contribution in [0.25, 0.3) is 0 Å². The van der Waals surface area contributed by atoms with E-state index in [1.165, 1.54) is 0 Å². The van der Waals surface area contributed by atoms with Crippen LogP contribution in [0.15, 0.2) is 18.2 Å². The van der Waals surface area contributed by atoms with Crippen LogP contribution in [0.4, 0.5) is 0 Å². The molecule has 0 spiro atoms. The van der Waals surface area contributed by atoms with E-state index in [-0.39, 0.29) is 5.91 Å². The van der Waals surface area contributed by atoms with Gasteiger partial charge in [-0.15, -0.1) is 0 Å². The number of nitrogens with zero attached hydrogens (tertiary/aromatic N) is 1. The molecular formula is C10H10BrCl2NO. The van der Waals surface area contributed by atoms with Gasteiger partial charge < -0.3 is 4.90 Å². The summed E-state index contributed by atoms with van der Waals surface area (Å²) in [5, 5.41) is 1.68. The highest BCUT2D eigenvalue weighted by Crippen LogP contribution is 2.19. The molecule has 0 saturated carbocycles. The number of hydrogen-bond donors (Lipinski definition) is 0. The van der Waals surface area contributed by atoms with Gasteiger partial charge in [0.1, 0.15) is 0 Å². The van der Waals surface area contributed by atoms with Gasteiger partial charge in [-0.05, 0) is 18.2 Å². The maximum Gasteiger partial charge on any atom is 0.253 e. The second-order valence-corrected chi connectivity index (χ2v) is 4.74. The first kappa shape index (κ1) is 12.8. The molecule has 0 atom stereocenters. The van der Waals surface area contributed by atoms with Gasteiger partial charge in [-0.1, -0.05) is 39.1 Å². The number of hydrogen-bond acceptors (Lipinski definition) is 1. The fourth-order valence-electron chi connectivity index (χ4n) is 1.13. The van der Waals surface area contributed by atoms with E-state index in [1.54, 1.807) is 30.1 Å². The van der Waals surface area contributed by atoms with Gasteiger partial charge in [-0.3, -0.25) is 4.79 Å². The fraction of sp³-hybridized carbons (Fsp3) is 0.300. The third kappa shape index (κ3) is 3.67. The molecule has 1 rings (SSSR count). The zero-order chi connectivity index (χ0) is 11.4. The maximum absolute atomic E-state index is 11.8. The van der Waals surface area contributed by atoms with Crippen molar-refractivity contribution in [3.63, 3.8) is 0 Å². The summed E-state index contributed by atoms with van der Waals surface area (Å²) in [6.45, 7) is 0.642. The summed E-state index contributed by atoms with van der Waals surface area (Å²) in [4.78, 5) is 13.4. The lowest BCUT2D eigenvalue weighted by Gasteiger charge is -2.15. The second-order valence-electron chi connectivity index (χ2n) is 3.07. The number of carbonyl (C=O) groups is 1. The number of benzene rings is 1. The minimum atomic E-state index is -0.0844. The van der Waals surface area contributed by atoms with E-state index in [0.717, 1.165) is 5.33 Å². The highest BCUT2D eigenvalue weighted by Gasteiger charge is 2.12. The Morgan fingerprint density at radius 3 is 2.33 bits per heavy atom. The maximum atomic E-state index is 11.8. The monoisotopic (exact) mass is 309 g/mol. The molecule has 0 aliphatic carbocycles. The first-order valence-corrected chi connectivity index (χ1v) is 6.20. The van der Waals surface area contributed by atoms with Crippen LogP contribution in [0.2, 0.25) is 10.0 Å². The van der Waals surface area contributed by atoms with Gasteiger partial charge in [0.25, 0.3) is 5.91 Å². The Bertz CT molecular complexity index is 350. The van der Waals surface area contributed by atoms with E-state index in [4.69, 9.17) is 23.2 Å². The average Bonchev–Trinajstić information content (AvgIpc) is 2.15. The molecule has 1 aromatic rings. The van der Waals surface area contributed by atoms with Crippen LogP contribution in [-0.2, 0) is 0 Å². The first-order chi connectivity index (χ1) is 7.04. The van der Waals surface area contributed by atoms with Crippen LogP contribution in [-0.4, -0.2) is 29.7 Å². The van der Waals surface area contributed by atoms with Crippen LogP contribution in [0.5, 0.6) is 0 Å². The summed E-state index contributed by atoms with van der Waals surface area (Å²) in [6, 6.07) is 4.82. The molecule has 0 aromatic heterocycles. The first-order valence-electron chi connectivity index (χ1n) is 4.32. The van der Waals surface area contributed by atoms with Gasteiger partial charge in [0.05, 0.1) is 0 Å². The topological polar surface area (TPSA) is 20.3 Å². The Morgan fingerprint density at radius 1 is 1.33 bits per heavy atom. The number of halogens is 3. The quantitative estimate of drug-likeness (QED) is 0.783. The SMILES string of the molecule is CN(CCBr)C(=O)c1cc(Cl)cc(Cl)c1. The van der Waals surface area contributed by atoms with Crippen molar-refractivity contribution in [1.29, 1.82) is 0 Å². The van der Waals surface area contributed by atoms with Gasteiger partial charge in [0, 0.05) is 34.5 Å².